The van der Waals surface area contributed by atoms with Crippen molar-refractivity contribution in [2.45, 2.75) is 13.0 Å². The molecule has 6 heteroatoms. The highest BCUT2D eigenvalue weighted by Crippen LogP contribution is 2.41. The van der Waals surface area contributed by atoms with Crippen LogP contribution in [0.1, 0.15) is 12.5 Å². The zero-order valence-corrected chi connectivity index (χ0v) is 14.2. The van der Waals surface area contributed by atoms with Gasteiger partial charge < -0.3 is 18.9 Å². The summed E-state index contributed by atoms with van der Waals surface area (Å²) in [6.45, 7) is 2.78. The van der Waals surface area contributed by atoms with Crippen LogP contribution in [0.4, 0.5) is 0 Å². The normalized spacial score (nSPS) is 18.1. The molecular weight excluding hydrogens is 298 g/mol. The first-order valence-corrected chi connectivity index (χ1v) is 7.36. The second kappa shape index (κ2) is 7.37. The molecule has 2 rings (SSSR count). The number of benzene rings is 1. The van der Waals surface area contributed by atoms with Gasteiger partial charge in [0.25, 0.3) is 0 Å². The first-order valence-electron chi connectivity index (χ1n) is 7.36. The largest absolute Gasteiger partial charge is 0.496 e. The van der Waals surface area contributed by atoms with Gasteiger partial charge in [-0.05, 0) is 7.05 Å². The van der Waals surface area contributed by atoms with Gasteiger partial charge in [-0.25, -0.2) is 0 Å². The Hall–Kier alpha value is -2.21. The van der Waals surface area contributed by atoms with Crippen molar-refractivity contribution in [2.24, 2.45) is 0 Å². The minimum absolute atomic E-state index is 0.317. The topological polar surface area (TPSA) is 57.2 Å². The fraction of sp³-hybridized carbons (Fsp3) is 0.471. The van der Waals surface area contributed by atoms with E-state index in [4.69, 9.17) is 18.9 Å². The van der Waals surface area contributed by atoms with Crippen molar-refractivity contribution in [2.75, 3.05) is 41.5 Å². The van der Waals surface area contributed by atoms with Gasteiger partial charge in [-0.3, -0.25) is 9.69 Å². The van der Waals surface area contributed by atoms with E-state index in [0.29, 0.717) is 23.8 Å². The first kappa shape index (κ1) is 17.1. The maximum Gasteiger partial charge on any atom is 0.303 e. The van der Waals surface area contributed by atoms with E-state index in [2.05, 4.69) is 4.90 Å². The van der Waals surface area contributed by atoms with E-state index in [0.717, 1.165) is 17.7 Å². The van der Waals surface area contributed by atoms with E-state index in [-0.39, 0.29) is 12.1 Å². The molecule has 0 aliphatic carbocycles. The molecule has 0 bridgehead atoms. The van der Waals surface area contributed by atoms with E-state index in [1.54, 1.807) is 33.5 Å². The van der Waals surface area contributed by atoms with Crippen LogP contribution in [-0.4, -0.2) is 58.4 Å². The molecule has 1 aromatic rings. The highest BCUT2D eigenvalue weighted by atomic mass is 16.5. The molecule has 23 heavy (non-hydrogen) atoms. The lowest BCUT2D eigenvalue weighted by Gasteiger charge is -2.31. The zero-order chi connectivity index (χ0) is 17.0. The predicted molar refractivity (Wildman–Crippen MR) is 87.1 cm³/mol. The molecule has 6 nitrogen and oxygen atoms in total. The summed E-state index contributed by atoms with van der Waals surface area (Å²) >= 11 is 0. The average molecular weight is 321 g/mol. The quantitative estimate of drug-likeness (QED) is 0.773. The number of esters is 1. The van der Waals surface area contributed by atoms with Crippen molar-refractivity contribution in [1.82, 2.24) is 4.90 Å². The SMILES string of the molecule is COc1cc(OC)c(C2=CCN(C)CC2OC(C)=O)c(OC)c1. The van der Waals surface area contributed by atoms with Gasteiger partial charge in [0.1, 0.15) is 23.4 Å². The summed E-state index contributed by atoms with van der Waals surface area (Å²) in [5.41, 5.74) is 1.67. The monoisotopic (exact) mass is 321 g/mol. The third-order valence-electron chi connectivity index (χ3n) is 3.76. The third-order valence-corrected chi connectivity index (χ3v) is 3.76. The van der Waals surface area contributed by atoms with Crippen LogP contribution in [0.15, 0.2) is 18.2 Å². The van der Waals surface area contributed by atoms with Gasteiger partial charge in [0.05, 0.1) is 26.9 Å². The van der Waals surface area contributed by atoms with Gasteiger partial charge >= 0.3 is 5.97 Å². The Bertz CT molecular complexity index is 586. The molecule has 1 heterocycles. The van der Waals surface area contributed by atoms with Gasteiger partial charge in [-0.2, -0.15) is 0 Å². The summed E-state index contributed by atoms with van der Waals surface area (Å²) in [5.74, 6) is 1.56. The number of hydrogen-bond donors (Lipinski definition) is 0. The summed E-state index contributed by atoms with van der Waals surface area (Å²) in [7, 11) is 6.75. The van der Waals surface area contributed by atoms with Crippen molar-refractivity contribution < 1.29 is 23.7 Å². The Kier molecular flexibility index (Phi) is 5.50. The van der Waals surface area contributed by atoms with Crippen LogP contribution in [0.25, 0.3) is 5.57 Å². The van der Waals surface area contributed by atoms with E-state index < -0.39 is 0 Å². The Morgan fingerprint density at radius 3 is 2.22 bits per heavy atom. The van der Waals surface area contributed by atoms with Crippen molar-refractivity contribution in [3.05, 3.63) is 23.8 Å². The molecular formula is C17H23NO5. The summed E-state index contributed by atoms with van der Waals surface area (Å²) in [5, 5.41) is 0. The summed E-state index contributed by atoms with van der Waals surface area (Å²) < 4.78 is 21.8. The molecule has 1 aliphatic heterocycles. The Morgan fingerprint density at radius 2 is 1.74 bits per heavy atom. The predicted octanol–water partition coefficient (Wildman–Crippen LogP) is 1.97. The van der Waals surface area contributed by atoms with Crippen molar-refractivity contribution in [3.8, 4) is 17.2 Å². The van der Waals surface area contributed by atoms with Crippen LogP contribution < -0.4 is 14.2 Å². The fourth-order valence-electron chi connectivity index (χ4n) is 2.70. The van der Waals surface area contributed by atoms with Crippen LogP contribution >= 0.6 is 0 Å². The smallest absolute Gasteiger partial charge is 0.303 e. The standard InChI is InChI=1S/C17H23NO5/c1-11(19)23-16-10-18(2)7-6-13(16)17-14(21-4)8-12(20-3)9-15(17)22-5/h6,8-9,16H,7,10H2,1-5H3. The van der Waals surface area contributed by atoms with Gasteiger partial charge in [0, 0.05) is 37.7 Å². The zero-order valence-electron chi connectivity index (χ0n) is 14.2. The van der Waals surface area contributed by atoms with E-state index in [1.165, 1.54) is 6.92 Å². The summed E-state index contributed by atoms with van der Waals surface area (Å²) in [6, 6.07) is 3.59. The summed E-state index contributed by atoms with van der Waals surface area (Å²) in [6.07, 6.45) is 1.66. The van der Waals surface area contributed by atoms with Crippen LogP contribution in [0.3, 0.4) is 0 Å². The number of carbonyl (C=O) groups is 1. The van der Waals surface area contributed by atoms with Gasteiger partial charge in [-0.1, -0.05) is 6.08 Å². The van der Waals surface area contributed by atoms with E-state index in [1.807, 2.05) is 13.1 Å². The second-order valence-electron chi connectivity index (χ2n) is 5.39. The van der Waals surface area contributed by atoms with Crippen LogP contribution in [-0.2, 0) is 9.53 Å². The first-order chi connectivity index (χ1) is 11.0. The lowest BCUT2D eigenvalue weighted by Crippen LogP contribution is -2.37. The fourth-order valence-corrected chi connectivity index (χ4v) is 2.70. The number of nitrogens with zero attached hydrogens (tertiary/aromatic N) is 1. The molecule has 0 amide bonds. The molecule has 126 valence electrons. The molecule has 1 aliphatic rings. The number of methoxy groups -OCH3 is 3. The maximum atomic E-state index is 11.5. The van der Waals surface area contributed by atoms with Crippen LogP contribution in [0, 0.1) is 0 Å². The molecule has 0 aromatic heterocycles. The molecule has 1 atom stereocenters. The highest BCUT2D eigenvalue weighted by molar-refractivity contribution is 5.81. The average Bonchev–Trinajstić information content (AvgIpc) is 2.53. The van der Waals surface area contributed by atoms with E-state index in [9.17, 15) is 4.79 Å². The molecule has 0 spiro atoms. The molecule has 0 radical (unpaired) electrons. The van der Waals surface area contributed by atoms with Crippen molar-refractivity contribution >= 4 is 11.5 Å². The number of carbonyl (C=O) groups excluding carboxylic acids is 1. The highest BCUT2D eigenvalue weighted by Gasteiger charge is 2.29. The number of likely N-dealkylation sites (N-methyl/N-ethyl adjacent to an activating group) is 1. The van der Waals surface area contributed by atoms with Crippen molar-refractivity contribution in [1.29, 1.82) is 0 Å². The Labute approximate surface area is 136 Å². The van der Waals surface area contributed by atoms with Crippen LogP contribution in [0.5, 0.6) is 17.2 Å². The molecule has 0 saturated heterocycles. The van der Waals surface area contributed by atoms with Crippen LogP contribution in [0.2, 0.25) is 0 Å². The van der Waals surface area contributed by atoms with Crippen molar-refractivity contribution in [3.63, 3.8) is 0 Å². The van der Waals surface area contributed by atoms with Gasteiger partial charge in [-0.15, -0.1) is 0 Å². The maximum absolute atomic E-state index is 11.5. The third kappa shape index (κ3) is 3.76. The Balaban J connectivity index is 2.55. The molecule has 1 unspecified atom stereocenters. The molecule has 0 saturated carbocycles. The minimum Gasteiger partial charge on any atom is -0.496 e. The van der Waals surface area contributed by atoms with E-state index >= 15 is 0 Å². The second-order valence-corrected chi connectivity index (χ2v) is 5.39. The number of hydrogen-bond acceptors (Lipinski definition) is 6. The lowest BCUT2D eigenvalue weighted by atomic mass is 9.95. The van der Waals surface area contributed by atoms with Gasteiger partial charge in [0.2, 0.25) is 0 Å². The minimum atomic E-state index is -0.373. The number of rotatable bonds is 5. The molecule has 0 fully saturated rings. The number of ether oxygens (including phenoxy) is 4. The summed E-state index contributed by atoms with van der Waals surface area (Å²) in [4.78, 5) is 13.5. The van der Waals surface area contributed by atoms with Gasteiger partial charge in [0.15, 0.2) is 0 Å². The Morgan fingerprint density at radius 1 is 1.13 bits per heavy atom. The molecule has 0 N–H and O–H groups in total. The lowest BCUT2D eigenvalue weighted by molar-refractivity contribution is -0.144. The molecule has 1 aromatic carbocycles.